The minimum atomic E-state index is -3.93. The first kappa shape index (κ1) is 15.2. The fraction of sp³-hybridized carbons (Fsp3) is 0.0833. The normalized spacial score (nSPS) is 11.4. The topological polar surface area (TPSA) is 59.1 Å². The van der Waals surface area contributed by atoms with Crippen molar-refractivity contribution in [2.45, 2.75) is 11.8 Å². The van der Waals surface area contributed by atoms with E-state index in [0.717, 1.165) is 24.0 Å². The van der Waals surface area contributed by atoms with Gasteiger partial charge in [0.15, 0.2) is 0 Å². The van der Waals surface area contributed by atoms with Crippen LogP contribution in [0.2, 0.25) is 5.02 Å². The molecule has 0 radical (unpaired) electrons. The third-order valence-corrected chi connectivity index (χ3v) is 4.88. The van der Waals surface area contributed by atoms with Crippen molar-refractivity contribution in [2.24, 2.45) is 0 Å². The van der Waals surface area contributed by atoms with Gasteiger partial charge in [-0.15, -0.1) is 0 Å². The van der Waals surface area contributed by atoms with Crippen LogP contribution in [0.1, 0.15) is 5.56 Å². The van der Waals surface area contributed by atoms with Gasteiger partial charge in [0.25, 0.3) is 10.0 Å². The molecule has 2 aromatic rings. The highest BCUT2D eigenvalue weighted by molar-refractivity contribution is 9.10. The van der Waals surface area contributed by atoms with Gasteiger partial charge in [-0.2, -0.15) is 0 Å². The predicted molar refractivity (Wildman–Crippen MR) is 78.9 cm³/mol. The number of anilines is 1. The van der Waals surface area contributed by atoms with Gasteiger partial charge >= 0.3 is 0 Å². The van der Waals surface area contributed by atoms with Crippen molar-refractivity contribution in [1.82, 2.24) is 4.98 Å². The average Bonchev–Trinajstić information content (AvgIpc) is 2.36. The number of hydrogen-bond donors (Lipinski definition) is 1. The van der Waals surface area contributed by atoms with Crippen molar-refractivity contribution >= 4 is 43.2 Å². The van der Waals surface area contributed by atoms with Gasteiger partial charge in [0.2, 0.25) is 0 Å². The molecule has 0 fully saturated rings. The Kier molecular flexibility index (Phi) is 4.31. The lowest BCUT2D eigenvalue weighted by molar-refractivity contribution is 0.592. The molecule has 106 valence electrons. The molecular formula is C12H9BrClFN2O2S. The van der Waals surface area contributed by atoms with E-state index in [9.17, 15) is 12.8 Å². The number of nitrogens with zero attached hydrogens (tertiary/aromatic N) is 1. The molecule has 0 saturated heterocycles. The van der Waals surface area contributed by atoms with Crippen LogP contribution in [0.3, 0.4) is 0 Å². The molecule has 20 heavy (non-hydrogen) atoms. The van der Waals surface area contributed by atoms with Crippen LogP contribution < -0.4 is 4.72 Å². The lowest BCUT2D eigenvalue weighted by Gasteiger charge is -2.11. The zero-order chi connectivity index (χ0) is 14.9. The molecule has 0 saturated carbocycles. The Hall–Kier alpha value is -1.18. The van der Waals surface area contributed by atoms with Crippen molar-refractivity contribution < 1.29 is 12.8 Å². The first-order chi connectivity index (χ1) is 9.29. The van der Waals surface area contributed by atoms with Crippen LogP contribution in [-0.4, -0.2) is 13.4 Å². The summed E-state index contributed by atoms with van der Waals surface area (Å²) in [6, 6.07) is 4.05. The molecule has 1 aromatic heterocycles. The van der Waals surface area contributed by atoms with Gasteiger partial charge in [0.05, 0.1) is 11.9 Å². The van der Waals surface area contributed by atoms with Gasteiger partial charge in [0, 0.05) is 15.7 Å². The monoisotopic (exact) mass is 378 g/mol. The maximum atomic E-state index is 13.0. The van der Waals surface area contributed by atoms with E-state index in [2.05, 4.69) is 25.6 Å². The summed E-state index contributed by atoms with van der Waals surface area (Å²) < 4.78 is 40.2. The molecule has 1 N–H and O–H groups in total. The van der Waals surface area contributed by atoms with Crippen LogP contribution in [0.4, 0.5) is 10.1 Å². The molecule has 4 nitrogen and oxygen atoms in total. The molecule has 0 spiro atoms. The fourth-order valence-electron chi connectivity index (χ4n) is 1.47. The molecule has 2 rings (SSSR count). The molecule has 0 bridgehead atoms. The van der Waals surface area contributed by atoms with Gasteiger partial charge in [-0.1, -0.05) is 11.6 Å². The Balaban J connectivity index is 2.41. The van der Waals surface area contributed by atoms with Gasteiger partial charge in [0.1, 0.15) is 10.7 Å². The molecule has 0 aliphatic heterocycles. The molecule has 0 unspecified atom stereocenters. The number of sulfonamides is 1. The minimum absolute atomic E-state index is 0.263. The average molecular weight is 380 g/mol. The molecule has 0 aliphatic carbocycles. The second-order valence-corrected chi connectivity index (χ2v) is 6.97. The number of aromatic nitrogens is 1. The third-order valence-electron chi connectivity index (χ3n) is 2.48. The summed E-state index contributed by atoms with van der Waals surface area (Å²) in [6.45, 7) is 1.79. The van der Waals surface area contributed by atoms with E-state index < -0.39 is 15.8 Å². The number of halogens is 3. The van der Waals surface area contributed by atoms with Crippen LogP contribution in [0, 0.1) is 12.7 Å². The van der Waals surface area contributed by atoms with Crippen LogP contribution >= 0.6 is 27.5 Å². The number of rotatable bonds is 3. The molecule has 1 heterocycles. The number of benzene rings is 1. The smallest absolute Gasteiger partial charge is 0.263 e. The quantitative estimate of drug-likeness (QED) is 0.883. The number of pyridine rings is 1. The van der Waals surface area contributed by atoms with Crippen molar-refractivity contribution in [2.75, 3.05) is 4.72 Å². The predicted octanol–water partition coefficient (Wildman–Crippen LogP) is 3.75. The first-order valence-electron chi connectivity index (χ1n) is 5.38. The molecule has 0 atom stereocenters. The Morgan fingerprint density at radius 3 is 2.65 bits per heavy atom. The zero-order valence-electron chi connectivity index (χ0n) is 10.2. The van der Waals surface area contributed by atoms with E-state index in [1.165, 1.54) is 6.07 Å². The lowest BCUT2D eigenvalue weighted by Crippen LogP contribution is -2.14. The summed E-state index contributed by atoms with van der Waals surface area (Å²) in [4.78, 5) is 3.25. The van der Waals surface area contributed by atoms with Crippen molar-refractivity contribution in [1.29, 1.82) is 0 Å². The second kappa shape index (κ2) is 5.67. The molecule has 8 heteroatoms. The standard InChI is InChI=1S/C12H9BrClFN2O2S/c1-7-2-10(13)12(4-11(7)14)17-20(18,19)9-3-8(15)5-16-6-9/h2-6,17H,1H3. The Labute approximate surface area is 129 Å². The van der Waals surface area contributed by atoms with E-state index in [1.807, 2.05) is 0 Å². The Morgan fingerprint density at radius 2 is 2.00 bits per heavy atom. The summed E-state index contributed by atoms with van der Waals surface area (Å²) >= 11 is 9.20. The van der Waals surface area contributed by atoms with E-state index in [4.69, 9.17) is 11.6 Å². The fourth-order valence-corrected chi connectivity index (χ4v) is 3.36. The summed E-state index contributed by atoms with van der Waals surface area (Å²) in [6.07, 6.45) is 1.99. The van der Waals surface area contributed by atoms with Crippen molar-refractivity contribution in [3.63, 3.8) is 0 Å². The third kappa shape index (κ3) is 3.28. The summed E-state index contributed by atoms with van der Waals surface area (Å²) in [5, 5.41) is 0.420. The second-order valence-electron chi connectivity index (χ2n) is 4.03. The number of nitrogens with one attached hydrogen (secondary N) is 1. The molecule has 0 aliphatic rings. The molecule has 1 aromatic carbocycles. The number of aryl methyl sites for hydroxylation is 1. The lowest BCUT2D eigenvalue weighted by atomic mass is 10.2. The zero-order valence-corrected chi connectivity index (χ0v) is 13.4. The van der Waals surface area contributed by atoms with Crippen LogP contribution in [-0.2, 0) is 10.0 Å². The maximum absolute atomic E-state index is 13.0. The van der Waals surface area contributed by atoms with E-state index in [0.29, 0.717) is 9.50 Å². The SMILES string of the molecule is Cc1cc(Br)c(NS(=O)(=O)c2cncc(F)c2)cc1Cl. The highest BCUT2D eigenvalue weighted by atomic mass is 79.9. The summed E-state index contributed by atoms with van der Waals surface area (Å²) in [7, 11) is -3.93. The van der Waals surface area contributed by atoms with E-state index >= 15 is 0 Å². The van der Waals surface area contributed by atoms with Crippen LogP contribution in [0.25, 0.3) is 0 Å². The van der Waals surface area contributed by atoms with Gasteiger partial charge in [-0.05, 0) is 46.6 Å². The summed E-state index contributed by atoms with van der Waals surface area (Å²) in [5.41, 5.74) is 1.07. The Bertz CT molecular complexity index is 768. The Morgan fingerprint density at radius 1 is 1.30 bits per heavy atom. The highest BCUT2D eigenvalue weighted by Gasteiger charge is 2.17. The first-order valence-corrected chi connectivity index (χ1v) is 8.04. The van der Waals surface area contributed by atoms with E-state index in [1.54, 1.807) is 13.0 Å². The van der Waals surface area contributed by atoms with Crippen molar-refractivity contribution in [3.8, 4) is 0 Å². The highest BCUT2D eigenvalue weighted by Crippen LogP contribution is 2.30. The van der Waals surface area contributed by atoms with Crippen LogP contribution in [0.15, 0.2) is 40.0 Å². The molecular weight excluding hydrogens is 371 g/mol. The largest absolute Gasteiger partial charge is 0.278 e. The maximum Gasteiger partial charge on any atom is 0.263 e. The van der Waals surface area contributed by atoms with E-state index in [-0.39, 0.29) is 10.6 Å². The van der Waals surface area contributed by atoms with Gasteiger partial charge in [-0.25, -0.2) is 12.8 Å². The molecule has 0 amide bonds. The number of hydrogen-bond acceptors (Lipinski definition) is 3. The van der Waals surface area contributed by atoms with Crippen LogP contribution in [0.5, 0.6) is 0 Å². The summed E-state index contributed by atoms with van der Waals surface area (Å²) in [5.74, 6) is -0.728. The van der Waals surface area contributed by atoms with Crippen molar-refractivity contribution in [3.05, 3.63) is 51.5 Å². The van der Waals surface area contributed by atoms with Gasteiger partial charge in [-0.3, -0.25) is 9.71 Å². The van der Waals surface area contributed by atoms with Gasteiger partial charge < -0.3 is 0 Å². The minimum Gasteiger partial charge on any atom is -0.278 e.